The second kappa shape index (κ2) is 13.1. The molecule has 0 aliphatic heterocycles. The summed E-state index contributed by atoms with van der Waals surface area (Å²) in [5, 5.41) is 11.4. The molecule has 1 aromatic rings. The number of ether oxygens (including phenoxy) is 2. The first-order valence-electron chi connectivity index (χ1n) is 9.50. The molecule has 9 nitrogen and oxygen atoms in total. The van der Waals surface area contributed by atoms with Gasteiger partial charge in [-0.3, -0.25) is 14.4 Å². The molecule has 0 bridgehead atoms. The smallest absolute Gasteiger partial charge is 0.408 e. The molecule has 0 fully saturated rings. The number of unbranched alkanes of at least 4 members (excludes halogenated alkanes) is 1. The minimum atomic E-state index is -1.36. The lowest BCUT2D eigenvalue weighted by molar-refractivity contribution is -0.150. The van der Waals surface area contributed by atoms with Crippen LogP contribution in [0.15, 0.2) is 30.3 Å². The number of carboxylic acid groups (broad SMARTS) is 1. The summed E-state index contributed by atoms with van der Waals surface area (Å²) in [7, 11) is 0. The Morgan fingerprint density at radius 2 is 1.79 bits per heavy atom. The van der Waals surface area contributed by atoms with Crippen molar-refractivity contribution in [1.82, 2.24) is 10.2 Å². The Bertz CT molecular complexity index is 679. The molecular formula is C20H28N2O7. The molecule has 1 aromatic carbocycles. The summed E-state index contributed by atoms with van der Waals surface area (Å²) >= 11 is 0. The molecule has 29 heavy (non-hydrogen) atoms. The molecule has 9 heteroatoms. The molecule has 160 valence electrons. The number of alkyl carbamates (subject to hydrolysis) is 1. The van der Waals surface area contributed by atoms with Gasteiger partial charge in [0.05, 0.1) is 13.0 Å². The molecule has 0 spiro atoms. The standard InChI is InChI=1S/C20H28N2O7/c1-3-5-11-22(13-18(25)28-4-2)19(26)16(12-17(23)24)21-20(27)29-14-15-9-7-6-8-10-15/h6-10,16H,3-5,11-14H2,1-2H3,(H,21,27)(H,23,24)/t16-/m0/s1. The van der Waals surface area contributed by atoms with Crippen molar-refractivity contribution in [1.29, 1.82) is 0 Å². The van der Waals surface area contributed by atoms with Crippen molar-refractivity contribution >= 4 is 23.9 Å². The Kier molecular flexibility index (Phi) is 10.8. The van der Waals surface area contributed by atoms with Crippen LogP contribution in [0, 0.1) is 0 Å². The van der Waals surface area contributed by atoms with Crippen LogP contribution < -0.4 is 5.32 Å². The van der Waals surface area contributed by atoms with Crippen LogP contribution in [0.2, 0.25) is 0 Å². The molecule has 1 atom stereocenters. The normalized spacial score (nSPS) is 11.2. The maximum Gasteiger partial charge on any atom is 0.408 e. The zero-order chi connectivity index (χ0) is 21.6. The van der Waals surface area contributed by atoms with E-state index in [4.69, 9.17) is 14.6 Å². The molecule has 2 amide bonds. The largest absolute Gasteiger partial charge is 0.481 e. The van der Waals surface area contributed by atoms with Gasteiger partial charge in [-0.25, -0.2) is 4.79 Å². The number of benzene rings is 1. The van der Waals surface area contributed by atoms with Gasteiger partial charge in [0.1, 0.15) is 19.2 Å². The van der Waals surface area contributed by atoms with Crippen LogP contribution >= 0.6 is 0 Å². The average molecular weight is 408 g/mol. The SMILES string of the molecule is CCCCN(CC(=O)OCC)C(=O)[C@H](CC(=O)O)NC(=O)OCc1ccccc1. The molecule has 0 aliphatic carbocycles. The van der Waals surface area contributed by atoms with Crippen LogP contribution in [0.1, 0.15) is 38.7 Å². The van der Waals surface area contributed by atoms with Gasteiger partial charge >= 0.3 is 18.0 Å². The highest BCUT2D eigenvalue weighted by atomic mass is 16.5. The Labute approximate surface area is 170 Å². The van der Waals surface area contributed by atoms with Crippen LogP contribution in [-0.4, -0.2) is 59.7 Å². The third kappa shape index (κ3) is 9.59. The van der Waals surface area contributed by atoms with Gasteiger partial charge in [0, 0.05) is 6.54 Å². The second-order valence-electron chi connectivity index (χ2n) is 6.27. The van der Waals surface area contributed by atoms with Gasteiger partial charge in [0.2, 0.25) is 5.91 Å². The highest BCUT2D eigenvalue weighted by Gasteiger charge is 2.30. The van der Waals surface area contributed by atoms with E-state index < -0.39 is 36.4 Å². The van der Waals surface area contributed by atoms with Crippen LogP contribution in [0.5, 0.6) is 0 Å². The van der Waals surface area contributed by atoms with Crippen molar-refractivity contribution in [3.63, 3.8) is 0 Å². The molecule has 0 saturated carbocycles. The fourth-order valence-electron chi connectivity index (χ4n) is 2.48. The molecule has 2 N–H and O–H groups in total. The number of carbonyl (C=O) groups is 4. The fraction of sp³-hybridized carbons (Fsp3) is 0.500. The molecule has 1 rings (SSSR count). The van der Waals surface area contributed by atoms with Gasteiger partial charge in [0.25, 0.3) is 0 Å². The number of esters is 1. The highest BCUT2D eigenvalue weighted by molar-refractivity contribution is 5.91. The van der Waals surface area contributed by atoms with E-state index in [1.165, 1.54) is 4.90 Å². The lowest BCUT2D eigenvalue weighted by atomic mass is 10.1. The van der Waals surface area contributed by atoms with E-state index in [0.29, 0.717) is 6.42 Å². The summed E-state index contributed by atoms with van der Waals surface area (Å²) in [4.78, 5) is 49.1. The maximum absolute atomic E-state index is 12.8. The predicted molar refractivity (Wildman–Crippen MR) is 104 cm³/mol. The average Bonchev–Trinajstić information content (AvgIpc) is 2.69. The van der Waals surface area contributed by atoms with Crippen molar-refractivity contribution in [3.05, 3.63) is 35.9 Å². The number of aliphatic carboxylic acids is 1. The summed E-state index contributed by atoms with van der Waals surface area (Å²) in [6.07, 6.45) is -0.170. The van der Waals surface area contributed by atoms with Crippen molar-refractivity contribution in [3.8, 4) is 0 Å². The van der Waals surface area contributed by atoms with E-state index in [-0.39, 0.29) is 26.3 Å². The van der Waals surface area contributed by atoms with E-state index in [1.54, 1.807) is 31.2 Å². The lowest BCUT2D eigenvalue weighted by Gasteiger charge is -2.26. The minimum Gasteiger partial charge on any atom is -0.481 e. The number of hydrogen-bond acceptors (Lipinski definition) is 6. The minimum absolute atomic E-state index is 0.0248. The Morgan fingerprint density at radius 3 is 2.38 bits per heavy atom. The van der Waals surface area contributed by atoms with Gasteiger partial charge in [-0.1, -0.05) is 43.7 Å². The van der Waals surface area contributed by atoms with Crippen LogP contribution in [-0.2, 0) is 30.5 Å². The predicted octanol–water partition coefficient (Wildman–Crippen LogP) is 1.95. The Hall–Kier alpha value is -3.10. The molecule has 0 aromatic heterocycles. The van der Waals surface area contributed by atoms with Gasteiger partial charge in [-0.2, -0.15) is 0 Å². The summed E-state index contributed by atoms with van der Waals surface area (Å²) in [5.74, 6) is -2.54. The van der Waals surface area contributed by atoms with E-state index in [0.717, 1.165) is 12.0 Å². The number of rotatable bonds is 12. The first-order chi connectivity index (χ1) is 13.9. The number of carbonyl (C=O) groups excluding carboxylic acids is 3. The van der Waals surface area contributed by atoms with Crippen LogP contribution in [0.4, 0.5) is 4.79 Å². The number of nitrogens with one attached hydrogen (secondary N) is 1. The van der Waals surface area contributed by atoms with E-state index in [1.807, 2.05) is 13.0 Å². The van der Waals surface area contributed by atoms with Crippen LogP contribution in [0.3, 0.4) is 0 Å². The number of carboxylic acids is 1. The fourth-order valence-corrected chi connectivity index (χ4v) is 2.48. The van der Waals surface area contributed by atoms with Crippen molar-refractivity contribution in [2.24, 2.45) is 0 Å². The Morgan fingerprint density at radius 1 is 1.10 bits per heavy atom. The maximum atomic E-state index is 12.8. The first kappa shape index (κ1) is 23.9. The molecule has 0 heterocycles. The van der Waals surface area contributed by atoms with Gasteiger partial charge in [-0.15, -0.1) is 0 Å². The quantitative estimate of drug-likeness (QED) is 0.507. The molecular weight excluding hydrogens is 380 g/mol. The van der Waals surface area contributed by atoms with Crippen molar-refractivity contribution in [2.45, 2.75) is 45.8 Å². The van der Waals surface area contributed by atoms with E-state index in [9.17, 15) is 19.2 Å². The zero-order valence-corrected chi connectivity index (χ0v) is 16.8. The molecule has 0 unspecified atom stereocenters. The molecule has 0 saturated heterocycles. The zero-order valence-electron chi connectivity index (χ0n) is 16.8. The third-order valence-corrected chi connectivity index (χ3v) is 3.90. The van der Waals surface area contributed by atoms with Crippen molar-refractivity contribution in [2.75, 3.05) is 19.7 Å². The van der Waals surface area contributed by atoms with Crippen molar-refractivity contribution < 1.29 is 33.8 Å². The molecule has 0 radical (unpaired) electrons. The highest BCUT2D eigenvalue weighted by Crippen LogP contribution is 2.06. The number of nitrogens with zero attached hydrogens (tertiary/aromatic N) is 1. The summed E-state index contributed by atoms with van der Waals surface area (Å²) in [6, 6.07) is 7.56. The monoisotopic (exact) mass is 408 g/mol. The number of hydrogen-bond donors (Lipinski definition) is 2. The first-order valence-corrected chi connectivity index (χ1v) is 9.50. The summed E-state index contributed by atoms with van der Waals surface area (Å²) in [6.45, 7) is 3.63. The summed E-state index contributed by atoms with van der Waals surface area (Å²) < 4.78 is 9.94. The summed E-state index contributed by atoms with van der Waals surface area (Å²) in [5.41, 5.74) is 0.746. The third-order valence-electron chi connectivity index (χ3n) is 3.90. The van der Waals surface area contributed by atoms with E-state index >= 15 is 0 Å². The molecule has 0 aliphatic rings. The number of amides is 2. The lowest BCUT2D eigenvalue weighted by Crippen LogP contribution is -2.51. The van der Waals surface area contributed by atoms with Gasteiger partial charge < -0.3 is 24.8 Å². The Balaban J connectivity index is 2.79. The second-order valence-corrected chi connectivity index (χ2v) is 6.27. The van der Waals surface area contributed by atoms with Gasteiger partial charge in [0.15, 0.2) is 0 Å². The van der Waals surface area contributed by atoms with E-state index in [2.05, 4.69) is 5.32 Å². The topological polar surface area (TPSA) is 122 Å². The van der Waals surface area contributed by atoms with Crippen LogP contribution in [0.25, 0.3) is 0 Å². The van der Waals surface area contributed by atoms with Gasteiger partial charge in [-0.05, 0) is 18.9 Å².